The lowest BCUT2D eigenvalue weighted by Gasteiger charge is -2.03. The number of rotatable bonds is 5. The van der Waals surface area contributed by atoms with Gasteiger partial charge in [-0.25, -0.2) is 9.78 Å². The van der Waals surface area contributed by atoms with E-state index in [4.69, 9.17) is 5.11 Å². The Kier molecular flexibility index (Phi) is 4.65. The van der Waals surface area contributed by atoms with Crippen molar-refractivity contribution in [1.82, 2.24) is 10.3 Å². The summed E-state index contributed by atoms with van der Waals surface area (Å²) in [7, 11) is 0. The maximum Gasteiger partial charge on any atom is 0.328 e. The lowest BCUT2D eigenvalue weighted by molar-refractivity contribution is -0.131. The van der Waals surface area contributed by atoms with E-state index in [0.717, 1.165) is 16.5 Å². The Morgan fingerprint density at radius 3 is 2.90 bits per heavy atom. The van der Waals surface area contributed by atoms with Crippen molar-refractivity contribution in [2.75, 3.05) is 0 Å². The number of amides is 1. The van der Waals surface area contributed by atoms with Crippen molar-refractivity contribution in [1.29, 1.82) is 0 Å². The van der Waals surface area contributed by atoms with Gasteiger partial charge in [0.05, 0.1) is 17.7 Å². The van der Waals surface area contributed by atoms with Crippen LogP contribution in [0.1, 0.15) is 25.8 Å². The van der Waals surface area contributed by atoms with Crippen molar-refractivity contribution in [2.45, 2.75) is 13.5 Å². The topological polar surface area (TPSA) is 79.3 Å². The number of nitrogens with zero attached hydrogens (tertiary/aromatic N) is 1. The van der Waals surface area contributed by atoms with Gasteiger partial charge in [0, 0.05) is 11.0 Å². The largest absolute Gasteiger partial charge is 0.478 e. The van der Waals surface area contributed by atoms with Crippen LogP contribution in [0.5, 0.6) is 0 Å². The number of carbonyl (C=O) groups excluding carboxylic acids is 1. The van der Waals surface area contributed by atoms with Gasteiger partial charge in [0.25, 0.3) is 5.91 Å². The smallest absolute Gasteiger partial charge is 0.328 e. The average Bonchev–Trinajstić information content (AvgIpc) is 3.02. The molecule has 2 rings (SSSR count). The van der Waals surface area contributed by atoms with E-state index in [-0.39, 0.29) is 5.91 Å². The number of aliphatic carboxylic acids is 1. The van der Waals surface area contributed by atoms with Gasteiger partial charge >= 0.3 is 5.97 Å². The standard InChI is InChI=1S/C13H12N2O3S2/c1-8-12(20-7-15-8)13(18)14-6-10-9(4-5-19-10)2-3-11(16)17/h2-5,7H,6H2,1H3,(H,14,18)(H,16,17)/b3-2+. The van der Waals surface area contributed by atoms with Crippen LogP contribution in [0.4, 0.5) is 0 Å². The van der Waals surface area contributed by atoms with E-state index in [0.29, 0.717) is 17.1 Å². The van der Waals surface area contributed by atoms with E-state index in [1.165, 1.54) is 28.7 Å². The molecule has 0 aliphatic rings. The van der Waals surface area contributed by atoms with Crippen LogP contribution in [-0.2, 0) is 11.3 Å². The zero-order chi connectivity index (χ0) is 14.5. The number of thiazole rings is 1. The normalized spacial score (nSPS) is 10.8. The minimum Gasteiger partial charge on any atom is -0.478 e. The van der Waals surface area contributed by atoms with Gasteiger partial charge in [0.2, 0.25) is 0 Å². The van der Waals surface area contributed by atoms with Crippen molar-refractivity contribution >= 4 is 40.6 Å². The van der Waals surface area contributed by atoms with Gasteiger partial charge in [0.15, 0.2) is 0 Å². The third kappa shape index (κ3) is 3.52. The molecule has 0 saturated heterocycles. The van der Waals surface area contributed by atoms with E-state index < -0.39 is 5.97 Å². The van der Waals surface area contributed by atoms with Crippen LogP contribution in [0.3, 0.4) is 0 Å². The van der Waals surface area contributed by atoms with Gasteiger partial charge in [-0.05, 0) is 30.0 Å². The molecule has 0 aliphatic carbocycles. The number of aryl methyl sites for hydroxylation is 1. The molecule has 0 aromatic carbocycles. The maximum absolute atomic E-state index is 12.0. The van der Waals surface area contributed by atoms with Crippen LogP contribution < -0.4 is 5.32 Å². The number of carbonyl (C=O) groups is 2. The van der Waals surface area contributed by atoms with E-state index in [2.05, 4.69) is 10.3 Å². The predicted molar refractivity (Wildman–Crippen MR) is 79.0 cm³/mol. The number of carboxylic acids is 1. The molecule has 20 heavy (non-hydrogen) atoms. The summed E-state index contributed by atoms with van der Waals surface area (Å²) in [5.74, 6) is -1.15. The number of aromatic nitrogens is 1. The molecular formula is C13H12N2O3S2. The summed E-state index contributed by atoms with van der Waals surface area (Å²) in [4.78, 5) is 28.0. The van der Waals surface area contributed by atoms with Crippen molar-refractivity contribution in [3.63, 3.8) is 0 Å². The van der Waals surface area contributed by atoms with Crippen LogP contribution in [-0.4, -0.2) is 22.0 Å². The van der Waals surface area contributed by atoms with Crippen molar-refractivity contribution < 1.29 is 14.7 Å². The number of carboxylic acid groups (broad SMARTS) is 1. The highest BCUT2D eigenvalue weighted by Gasteiger charge is 2.12. The molecule has 0 saturated carbocycles. The Labute approximate surface area is 123 Å². The van der Waals surface area contributed by atoms with Gasteiger partial charge in [-0.3, -0.25) is 4.79 Å². The summed E-state index contributed by atoms with van der Waals surface area (Å²) in [6.07, 6.45) is 2.61. The van der Waals surface area contributed by atoms with Gasteiger partial charge < -0.3 is 10.4 Å². The molecule has 0 bridgehead atoms. The second-order valence-electron chi connectivity index (χ2n) is 3.92. The third-order valence-electron chi connectivity index (χ3n) is 2.55. The molecule has 2 aromatic heterocycles. The van der Waals surface area contributed by atoms with Gasteiger partial charge in [-0.15, -0.1) is 22.7 Å². The summed E-state index contributed by atoms with van der Waals surface area (Å²) < 4.78 is 0. The zero-order valence-electron chi connectivity index (χ0n) is 10.6. The maximum atomic E-state index is 12.0. The molecule has 2 heterocycles. The first-order chi connectivity index (χ1) is 9.58. The fraction of sp³-hybridized carbons (Fsp3) is 0.154. The average molecular weight is 308 g/mol. The monoisotopic (exact) mass is 308 g/mol. The van der Waals surface area contributed by atoms with E-state index in [9.17, 15) is 9.59 Å². The fourth-order valence-electron chi connectivity index (χ4n) is 1.56. The molecule has 104 valence electrons. The van der Waals surface area contributed by atoms with Gasteiger partial charge in [-0.1, -0.05) is 0 Å². The van der Waals surface area contributed by atoms with Gasteiger partial charge in [0.1, 0.15) is 4.88 Å². The minimum atomic E-state index is -0.994. The molecule has 1 amide bonds. The Balaban J connectivity index is 2.01. The Morgan fingerprint density at radius 2 is 2.25 bits per heavy atom. The molecule has 5 nitrogen and oxygen atoms in total. The summed E-state index contributed by atoms with van der Waals surface area (Å²) in [5.41, 5.74) is 3.15. The number of nitrogens with one attached hydrogen (secondary N) is 1. The second kappa shape index (κ2) is 6.44. The highest BCUT2D eigenvalue weighted by atomic mass is 32.1. The number of thiophene rings is 1. The zero-order valence-corrected chi connectivity index (χ0v) is 12.3. The first kappa shape index (κ1) is 14.4. The lowest BCUT2D eigenvalue weighted by Crippen LogP contribution is -2.22. The molecule has 0 atom stereocenters. The molecule has 0 radical (unpaired) electrons. The molecule has 0 spiro atoms. The van der Waals surface area contributed by atoms with E-state index in [1.807, 2.05) is 11.4 Å². The molecule has 7 heteroatoms. The van der Waals surface area contributed by atoms with E-state index >= 15 is 0 Å². The molecule has 0 fully saturated rings. The second-order valence-corrected chi connectivity index (χ2v) is 5.78. The van der Waals surface area contributed by atoms with Crippen LogP contribution in [0.25, 0.3) is 6.08 Å². The highest BCUT2D eigenvalue weighted by Crippen LogP contribution is 2.19. The summed E-state index contributed by atoms with van der Waals surface area (Å²) in [6.45, 7) is 2.16. The molecule has 2 N–H and O–H groups in total. The quantitative estimate of drug-likeness (QED) is 0.832. The molecule has 2 aromatic rings. The summed E-state index contributed by atoms with van der Waals surface area (Å²) >= 11 is 2.78. The third-order valence-corrected chi connectivity index (χ3v) is 4.41. The Bertz CT molecular complexity index is 658. The van der Waals surface area contributed by atoms with Gasteiger partial charge in [-0.2, -0.15) is 0 Å². The van der Waals surface area contributed by atoms with Crippen molar-refractivity contribution in [3.05, 3.63) is 44.0 Å². The summed E-state index contributed by atoms with van der Waals surface area (Å²) in [5, 5.41) is 13.3. The van der Waals surface area contributed by atoms with Crippen molar-refractivity contribution in [2.24, 2.45) is 0 Å². The summed E-state index contributed by atoms with van der Waals surface area (Å²) in [6, 6.07) is 1.82. The first-order valence-corrected chi connectivity index (χ1v) is 7.49. The number of hydrogen-bond donors (Lipinski definition) is 2. The van der Waals surface area contributed by atoms with Crippen LogP contribution >= 0.6 is 22.7 Å². The van der Waals surface area contributed by atoms with Crippen LogP contribution in [0.15, 0.2) is 23.0 Å². The Morgan fingerprint density at radius 1 is 1.45 bits per heavy atom. The Hall–Kier alpha value is -1.99. The minimum absolute atomic E-state index is 0.161. The molecular weight excluding hydrogens is 296 g/mol. The fourth-order valence-corrected chi connectivity index (χ4v) is 3.09. The first-order valence-electron chi connectivity index (χ1n) is 5.73. The molecule has 0 unspecified atom stereocenters. The predicted octanol–water partition coefficient (Wildman–Crippen LogP) is 2.54. The molecule has 0 aliphatic heterocycles. The highest BCUT2D eigenvalue weighted by molar-refractivity contribution is 7.12. The number of hydrogen-bond acceptors (Lipinski definition) is 5. The lowest BCUT2D eigenvalue weighted by atomic mass is 10.2. The SMILES string of the molecule is Cc1ncsc1C(=O)NCc1sccc1/C=C/C(=O)O. The van der Waals surface area contributed by atoms with Crippen molar-refractivity contribution in [3.8, 4) is 0 Å². The van der Waals surface area contributed by atoms with Crippen LogP contribution in [0.2, 0.25) is 0 Å². The van der Waals surface area contributed by atoms with Crippen LogP contribution in [0, 0.1) is 6.92 Å². The van der Waals surface area contributed by atoms with E-state index in [1.54, 1.807) is 12.4 Å².